The number of aromatic nitrogens is 2. The fraction of sp³-hybridized carbons (Fsp3) is 0.333. The van der Waals surface area contributed by atoms with Crippen LogP contribution in [0.5, 0.6) is 0 Å². The highest BCUT2D eigenvalue weighted by molar-refractivity contribution is 7.71. The average Bonchev–Trinajstić information content (AvgIpc) is 2.56. The number of aromatic amines is 1. The van der Waals surface area contributed by atoms with Crippen LogP contribution in [0.4, 0.5) is 0 Å². The SMILES string of the molecule is S=c1nccc(C2=CCCC2)[nH]1. The molecule has 0 spiro atoms. The Labute approximate surface area is 76.4 Å². The smallest absolute Gasteiger partial charge is 0.197 e. The zero-order chi connectivity index (χ0) is 8.39. The lowest BCUT2D eigenvalue weighted by Crippen LogP contribution is -1.88. The fourth-order valence-corrected chi connectivity index (χ4v) is 1.64. The minimum Gasteiger partial charge on any atom is -0.331 e. The molecule has 0 saturated heterocycles. The fourth-order valence-electron chi connectivity index (χ4n) is 1.47. The Morgan fingerprint density at radius 1 is 1.50 bits per heavy atom. The summed E-state index contributed by atoms with van der Waals surface area (Å²) in [6.45, 7) is 0. The first-order chi connectivity index (χ1) is 5.86. The molecule has 1 aliphatic rings. The van der Waals surface area contributed by atoms with Gasteiger partial charge in [0.25, 0.3) is 0 Å². The first-order valence-corrected chi connectivity index (χ1v) is 4.52. The van der Waals surface area contributed by atoms with Crippen LogP contribution in [0.15, 0.2) is 18.3 Å². The second-order valence-electron chi connectivity index (χ2n) is 2.91. The number of hydrogen-bond donors (Lipinski definition) is 1. The standard InChI is InChI=1S/C9H10N2S/c12-9-10-6-5-8(11-9)7-3-1-2-4-7/h3,5-6H,1-2,4H2,(H,10,11,12). The van der Waals surface area contributed by atoms with Gasteiger partial charge >= 0.3 is 0 Å². The van der Waals surface area contributed by atoms with Gasteiger partial charge in [0.2, 0.25) is 0 Å². The highest BCUT2D eigenvalue weighted by Crippen LogP contribution is 2.25. The molecule has 1 heterocycles. The van der Waals surface area contributed by atoms with Crippen molar-refractivity contribution >= 4 is 17.8 Å². The molecule has 12 heavy (non-hydrogen) atoms. The Kier molecular flexibility index (Phi) is 2.04. The molecule has 2 rings (SSSR count). The number of nitrogens with one attached hydrogen (secondary N) is 1. The molecule has 3 heteroatoms. The van der Waals surface area contributed by atoms with E-state index in [4.69, 9.17) is 12.2 Å². The molecule has 0 fully saturated rings. The molecule has 0 atom stereocenters. The van der Waals surface area contributed by atoms with Crippen LogP contribution in [0.1, 0.15) is 25.0 Å². The van der Waals surface area contributed by atoms with E-state index in [1.165, 1.54) is 18.4 Å². The van der Waals surface area contributed by atoms with Crippen molar-refractivity contribution in [2.24, 2.45) is 0 Å². The number of nitrogens with zero attached hydrogens (tertiary/aromatic N) is 1. The minimum absolute atomic E-state index is 0.570. The van der Waals surface area contributed by atoms with Crippen LogP contribution < -0.4 is 0 Å². The van der Waals surface area contributed by atoms with E-state index in [-0.39, 0.29) is 0 Å². The molecule has 0 amide bonds. The maximum Gasteiger partial charge on any atom is 0.197 e. The predicted molar refractivity (Wildman–Crippen MR) is 51.2 cm³/mol. The molecule has 1 aliphatic carbocycles. The molecule has 1 N–H and O–H groups in total. The van der Waals surface area contributed by atoms with Crippen molar-refractivity contribution in [1.29, 1.82) is 0 Å². The van der Waals surface area contributed by atoms with E-state index in [9.17, 15) is 0 Å². The highest BCUT2D eigenvalue weighted by atomic mass is 32.1. The summed E-state index contributed by atoms with van der Waals surface area (Å²) in [5, 5.41) is 0. The van der Waals surface area contributed by atoms with Crippen molar-refractivity contribution in [3.8, 4) is 0 Å². The molecular weight excluding hydrogens is 168 g/mol. The largest absolute Gasteiger partial charge is 0.331 e. The van der Waals surface area contributed by atoms with E-state index >= 15 is 0 Å². The third-order valence-electron chi connectivity index (χ3n) is 2.06. The first kappa shape index (κ1) is 7.68. The summed E-state index contributed by atoms with van der Waals surface area (Å²) in [5.74, 6) is 0. The Balaban J connectivity index is 2.39. The Morgan fingerprint density at radius 2 is 2.42 bits per heavy atom. The molecule has 62 valence electrons. The van der Waals surface area contributed by atoms with Crippen LogP contribution in [-0.4, -0.2) is 9.97 Å². The van der Waals surface area contributed by atoms with Gasteiger partial charge in [0.15, 0.2) is 4.77 Å². The van der Waals surface area contributed by atoms with Crippen molar-refractivity contribution in [2.45, 2.75) is 19.3 Å². The summed E-state index contributed by atoms with van der Waals surface area (Å²) in [6, 6.07) is 1.98. The lowest BCUT2D eigenvalue weighted by Gasteiger charge is -1.99. The van der Waals surface area contributed by atoms with Gasteiger partial charge in [-0.2, -0.15) is 0 Å². The van der Waals surface area contributed by atoms with Crippen LogP contribution in [0.3, 0.4) is 0 Å². The van der Waals surface area contributed by atoms with Gasteiger partial charge in [0.1, 0.15) is 0 Å². The Bertz CT molecular complexity index is 365. The molecule has 1 aromatic rings. The van der Waals surface area contributed by atoms with Gasteiger partial charge in [-0.3, -0.25) is 0 Å². The third kappa shape index (κ3) is 1.46. The van der Waals surface area contributed by atoms with Crippen molar-refractivity contribution in [3.63, 3.8) is 0 Å². The summed E-state index contributed by atoms with van der Waals surface area (Å²) in [5.41, 5.74) is 2.51. The van der Waals surface area contributed by atoms with E-state index in [1.54, 1.807) is 6.20 Å². The zero-order valence-electron chi connectivity index (χ0n) is 6.71. The second-order valence-corrected chi connectivity index (χ2v) is 3.30. The maximum absolute atomic E-state index is 4.94. The summed E-state index contributed by atoms with van der Waals surface area (Å²) in [4.78, 5) is 7.03. The van der Waals surface area contributed by atoms with Gasteiger partial charge in [0.05, 0.1) is 0 Å². The first-order valence-electron chi connectivity index (χ1n) is 4.11. The lowest BCUT2D eigenvalue weighted by atomic mass is 10.2. The van der Waals surface area contributed by atoms with Crippen molar-refractivity contribution in [3.05, 3.63) is 28.8 Å². The lowest BCUT2D eigenvalue weighted by molar-refractivity contribution is 0.931. The van der Waals surface area contributed by atoms with Crippen molar-refractivity contribution in [1.82, 2.24) is 9.97 Å². The molecular formula is C9H10N2S. The number of H-pyrrole nitrogens is 1. The zero-order valence-corrected chi connectivity index (χ0v) is 7.53. The molecule has 0 aromatic carbocycles. The summed E-state index contributed by atoms with van der Waals surface area (Å²) < 4.78 is 0.570. The summed E-state index contributed by atoms with van der Waals surface area (Å²) in [6.07, 6.45) is 7.64. The molecule has 2 nitrogen and oxygen atoms in total. The van der Waals surface area contributed by atoms with E-state index in [0.717, 1.165) is 12.1 Å². The number of hydrogen-bond acceptors (Lipinski definition) is 2. The minimum atomic E-state index is 0.570. The van der Waals surface area contributed by atoms with Crippen molar-refractivity contribution < 1.29 is 0 Å². The van der Waals surface area contributed by atoms with Gasteiger partial charge in [-0.15, -0.1) is 0 Å². The average molecular weight is 178 g/mol. The Hall–Kier alpha value is -0.960. The molecule has 0 bridgehead atoms. The van der Waals surface area contributed by atoms with Crippen LogP contribution in [-0.2, 0) is 0 Å². The number of rotatable bonds is 1. The van der Waals surface area contributed by atoms with Gasteiger partial charge in [-0.25, -0.2) is 4.98 Å². The second kappa shape index (κ2) is 3.19. The van der Waals surface area contributed by atoms with Crippen LogP contribution >= 0.6 is 12.2 Å². The van der Waals surface area contributed by atoms with Gasteiger partial charge in [0, 0.05) is 11.9 Å². The van der Waals surface area contributed by atoms with Crippen LogP contribution in [0.25, 0.3) is 5.57 Å². The highest BCUT2D eigenvalue weighted by Gasteiger charge is 2.06. The molecule has 0 aliphatic heterocycles. The summed E-state index contributed by atoms with van der Waals surface area (Å²) >= 11 is 4.94. The molecule has 0 unspecified atom stereocenters. The quantitative estimate of drug-likeness (QED) is 0.670. The number of allylic oxidation sites excluding steroid dienone is 2. The molecule has 1 aromatic heterocycles. The normalized spacial score (nSPS) is 16.2. The van der Waals surface area contributed by atoms with Gasteiger partial charge in [-0.1, -0.05) is 6.08 Å². The van der Waals surface area contributed by atoms with Gasteiger partial charge in [-0.05, 0) is 43.1 Å². The van der Waals surface area contributed by atoms with Crippen LogP contribution in [0.2, 0.25) is 0 Å². The monoisotopic (exact) mass is 178 g/mol. The topological polar surface area (TPSA) is 28.7 Å². The maximum atomic E-state index is 4.94. The van der Waals surface area contributed by atoms with E-state index in [2.05, 4.69) is 16.0 Å². The molecule has 0 saturated carbocycles. The van der Waals surface area contributed by atoms with Crippen LogP contribution in [0, 0.1) is 4.77 Å². The van der Waals surface area contributed by atoms with Crippen molar-refractivity contribution in [2.75, 3.05) is 0 Å². The van der Waals surface area contributed by atoms with E-state index < -0.39 is 0 Å². The summed E-state index contributed by atoms with van der Waals surface area (Å²) in [7, 11) is 0. The predicted octanol–water partition coefficient (Wildman–Crippen LogP) is 2.71. The van der Waals surface area contributed by atoms with E-state index in [0.29, 0.717) is 4.77 Å². The Morgan fingerprint density at radius 3 is 3.08 bits per heavy atom. The molecule has 0 radical (unpaired) electrons. The third-order valence-corrected chi connectivity index (χ3v) is 2.27. The van der Waals surface area contributed by atoms with E-state index in [1.807, 2.05) is 6.07 Å². The van der Waals surface area contributed by atoms with Gasteiger partial charge < -0.3 is 4.98 Å².